The maximum Gasteiger partial charge on any atom is 0.419 e. The number of anilines is 2. The van der Waals surface area contributed by atoms with Gasteiger partial charge in [-0.2, -0.15) is 13.2 Å². The number of alkyl halides is 3. The highest BCUT2D eigenvalue weighted by atomic mass is 19.4. The Morgan fingerprint density at radius 3 is 2.32 bits per heavy atom. The lowest BCUT2D eigenvalue weighted by Crippen LogP contribution is -2.51. The zero-order valence-corrected chi connectivity index (χ0v) is 28.0. The Balaban J connectivity index is 0.982. The first-order chi connectivity index (χ1) is 23.9. The van der Waals surface area contributed by atoms with Crippen LogP contribution >= 0.6 is 0 Å². The van der Waals surface area contributed by atoms with Crippen molar-refractivity contribution in [1.82, 2.24) is 25.1 Å². The molecule has 266 valence electrons. The molecule has 50 heavy (non-hydrogen) atoms. The third kappa shape index (κ3) is 8.24. The first-order valence-electron chi connectivity index (χ1n) is 17.0. The maximum absolute atomic E-state index is 12.8. The predicted octanol–water partition coefficient (Wildman–Crippen LogP) is 4.13. The van der Waals surface area contributed by atoms with Gasteiger partial charge in [-0.3, -0.25) is 24.6 Å². The van der Waals surface area contributed by atoms with Crippen molar-refractivity contribution in [1.29, 1.82) is 0 Å². The molecule has 14 heteroatoms. The number of amides is 3. The molecule has 1 atom stereocenters. The van der Waals surface area contributed by atoms with Gasteiger partial charge in [0.15, 0.2) is 0 Å². The lowest BCUT2D eigenvalue weighted by Gasteiger charge is -2.39. The molecule has 0 saturated carbocycles. The van der Waals surface area contributed by atoms with E-state index in [9.17, 15) is 32.7 Å². The summed E-state index contributed by atoms with van der Waals surface area (Å²) in [7, 11) is 0. The van der Waals surface area contributed by atoms with Crippen molar-refractivity contribution in [3.63, 3.8) is 0 Å². The fourth-order valence-electron chi connectivity index (χ4n) is 7.00. The van der Waals surface area contributed by atoms with Crippen LogP contribution in [0.4, 0.5) is 24.8 Å². The van der Waals surface area contributed by atoms with Crippen LogP contribution in [0.15, 0.2) is 54.9 Å². The summed E-state index contributed by atoms with van der Waals surface area (Å²) < 4.78 is 38.4. The monoisotopic (exact) mass is 693 g/mol. The van der Waals surface area contributed by atoms with Gasteiger partial charge >= 0.3 is 6.18 Å². The van der Waals surface area contributed by atoms with Crippen molar-refractivity contribution < 1.29 is 32.7 Å². The van der Waals surface area contributed by atoms with Gasteiger partial charge in [-0.05, 0) is 73.4 Å². The highest BCUT2D eigenvalue weighted by molar-refractivity contribution is 6.00. The fraction of sp³-hybridized carbons (Fsp3) is 0.472. The van der Waals surface area contributed by atoms with Crippen molar-refractivity contribution >= 4 is 29.9 Å². The summed E-state index contributed by atoms with van der Waals surface area (Å²) in [5.74, 6) is -0.593. The SMILES string of the molecule is Cc1ccc(C2(O)CCN(Cc3ccc(N4CCC(Nc5ncc(C(F)(F)F)cn5)CC4)cc3)CC2)cc1CN(C=O)C1CCC(=O)NC1=O. The molecule has 0 spiro atoms. The number of likely N-dealkylation sites (tertiary alicyclic amines) is 1. The molecule has 0 aliphatic carbocycles. The van der Waals surface area contributed by atoms with Gasteiger partial charge in [0.25, 0.3) is 0 Å². The number of hydrogen-bond acceptors (Lipinski definition) is 9. The van der Waals surface area contributed by atoms with E-state index in [1.165, 1.54) is 10.5 Å². The second-order valence-electron chi connectivity index (χ2n) is 13.6. The van der Waals surface area contributed by atoms with Crippen LogP contribution in [-0.2, 0) is 39.3 Å². The molecule has 1 unspecified atom stereocenters. The Labute approximate surface area is 288 Å². The van der Waals surface area contributed by atoms with Gasteiger partial charge in [0.05, 0.1) is 11.2 Å². The van der Waals surface area contributed by atoms with E-state index < -0.39 is 29.3 Å². The van der Waals surface area contributed by atoms with E-state index >= 15 is 0 Å². The van der Waals surface area contributed by atoms with Gasteiger partial charge in [-0.1, -0.05) is 30.3 Å². The van der Waals surface area contributed by atoms with E-state index in [1.54, 1.807) is 0 Å². The topological polar surface area (TPSA) is 131 Å². The zero-order chi connectivity index (χ0) is 35.5. The summed E-state index contributed by atoms with van der Waals surface area (Å²) in [6, 6.07) is 13.7. The highest BCUT2D eigenvalue weighted by Crippen LogP contribution is 2.35. The van der Waals surface area contributed by atoms with E-state index in [2.05, 4.69) is 54.7 Å². The molecular formula is C36H42F3N7O4. The first kappa shape index (κ1) is 35.3. The van der Waals surface area contributed by atoms with Crippen molar-refractivity contribution in [2.45, 2.75) is 82.4 Å². The molecule has 3 amide bonds. The molecular weight excluding hydrogens is 651 g/mol. The minimum atomic E-state index is -4.46. The molecule has 1 aromatic heterocycles. The number of nitrogens with zero attached hydrogens (tertiary/aromatic N) is 5. The number of carbonyl (C=O) groups is 3. The minimum Gasteiger partial charge on any atom is -0.385 e. The predicted molar refractivity (Wildman–Crippen MR) is 180 cm³/mol. The van der Waals surface area contributed by atoms with Crippen LogP contribution in [0.25, 0.3) is 0 Å². The third-order valence-electron chi connectivity index (χ3n) is 10.2. The van der Waals surface area contributed by atoms with Gasteiger partial charge < -0.3 is 20.2 Å². The van der Waals surface area contributed by atoms with Crippen LogP contribution in [0.2, 0.25) is 0 Å². The Bertz CT molecular complexity index is 1670. The smallest absolute Gasteiger partial charge is 0.385 e. The number of halogens is 3. The summed E-state index contributed by atoms with van der Waals surface area (Å²) in [4.78, 5) is 49.6. The van der Waals surface area contributed by atoms with Gasteiger partial charge in [0, 0.05) is 69.8 Å². The molecule has 6 rings (SSSR count). The molecule has 0 bridgehead atoms. The third-order valence-corrected chi connectivity index (χ3v) is 10.2. The summed E-state index contributed by atoms with van der Waals surface area (Å²) >= 11 is 0. The van der Waals surface area contributed by atoms with E-state index in [0.29, 0.717) is 32.3 Å². The first-order valence-corrected chi connectivity index (χ1v) is 17.0. The number of piperidine rings is 3. The molecule has 3 aliphatic heterocycles. The number of aryl methyl sites for hydroxylation is 1. The van der Waals surface area contributed by atoms with Gasteiger partial charge in [0.1, 0.15) is 6.04 Å². The van der Waals surface area contributed by atoms with Gasteiger partial charge in [-0.25, -0.2) is 9.97 Å². The maximum atomic E-state index is 12.8. The Morgan fingerprint density at radius 1 is 1.02 bits per heavy atom. The molecule has 11 nitrogen and oxygen atoms in total. The molecule has 2 aromatic carbocycles. The van der Waals surface area contributed by atoms with Crippen molar-refractivity contribution in [2.75, 3.05) is 36.4 Å². The fourth-order valence-corrected chi connectivity index (χ4v) is 7.00. The summed E-state index contributed by atoms with van der Waals surface area (Å²) in [5.41, 5.74) is 3.01. The Morgan fingerprint density at radius 2 is 1.70 bits per heavy atom. The zero-order valence-electron chi connectivity index (χ0n) is 28.0. The lowest BCUT2D eigenvalue weighted by atomic mass is 9.83. The van der Waals surface area contributed by atoms with Gasteiger partial charge in [0.2, 0.25) is 24.2 Å². The van der Waals surface area contributed by atoms with E-state index in [-0.39, 0.29) is 37.3 Å². The summed E-state index contributed by atoms with van der Waals surface area (Å²) in [6.45, 7) is 5.92. The number of imide groups is 1. The summed E-state index contributed by atoms with van der Waals surface area (Å²) in [5, 5.41) is 17.2. The number of hydrogen-bond donors (Lipinski definition) is 3. The van der Waals surface area contributed by atoms with Crippen LogP contribution in [0.3, 0.4) is 0 Å². The second kappa shape index (κ2) is 14.7. The minimum absolute atomic E-state index is 0.0791. The average molecular weight is 694 g/mol. The number of aromatic nitrogens is 2. The number of nitrogens with one attached hydrogen (secondary N) is 2. The molecule has 3 aromatic rings. The quantitative estimate of drug-likeness (QED) is 0.212. The second-order valence-corrected chi connectivity index (χ2v) is 13.6. The van der Waals surface area contributed by atoms with E-state index in [0.717, 1.165) is 67.2 Å². The van der Waals surface area contributed by atoms with Crippen LogP contribution in [0.5, 0.6) is 0 Å². The van der Waals surface area contributed by atoms with Crippen LogP contribution < -0.4 is 15.5 Å². The molecule has 4 heterocycles. The number of rotatable bonds is 10. The van der Waals surface area contributed by atoms with Crippen LogP contribution in [0.1, 0.15) is 66.3 Å². The Kier molecular flexibility index (Phi) is 10.4. The van der Waals surface area contributed by atoms with Crippen LogP contribution in [0, 0.1) is 6.92 Å². The van der Waals surface area contributed by atoms with Gasteiger partial charge in [-0.15, -0.1) is 0 Å². The van der Waals surface area contributed by atoms with Crippen molar-refractivity contribution in [3.05, 3.63) is 82.7 Å². The summed E-state index contributed by atoms with van der Waals surface area (Å²) in [6.07, 6.45) is 0.987. The van der Waals surface area contributed by atoms with E-state index in [4.69, 9.17) is 0 Å². The molecule has 0 radical (unpaired) electrons. The van der Waals surface area contributed by atoms with Crippen molar-refractivity contribution in [3.8, 4) is 0 Å². The van der Waals surface area contributed by atoms with E-state index in [1.807, 2.05) is 25.1 Å². The molecule has 3 saturated heterocycles. The van der Waals surface area contributed by atoms with Crippen LogP contribution in [-0.4, -0.2) is 81.4 Å². The normalized spacial score (nSPS) is 20.3. The largest absolute Gasteiger partial charge is 0.419 e. The number of benzene rings is 2. The lowest BCUT2D eigenvalue weighted by molar-refractivity contribution is -0.141. The van der Waals surface area contributed by atoms with Crippen molar-refractivity contribution in [2.24, 2.45) is 0 Å². The number of aliphatic hydroxyl groups is 1. The molecule has 3 fully saturated rings. The molecule has 3 N–H and O–H groups in total. The number of carbonyl (C=O) groups excluding carboxylic acids is 3. The average Bonchev–Trinajstić information content (AvgIpc) is 3.10. The molecule has 3 aliphatic rings. The standard InChI is InChI=1S/C36H42F3N7O4/c1-24-2-5-27(18-26(24)22-46(23-47)31-8-9-32(48)43-33(31)49)35(50)12-16-44(17-13-35)21-25-3-6-30(7-4-25)45-14-10-29(11-15-45)42-34-40-19-28(20-41-34)36(37,38)39/h2-7,18-20,23,29,31,50H,8-17,21-22H2,1H3,(H,40,41,42)(H,43,48,49). The Hall–Kier alpha value is -4.56. The highest BCUT2D eigenvalue weighted by Gasteiger charge is 2.36.